The highest BCUT2D eigenvalue weighted by atomic mass is 16.5. The lowest BCUT2D eigenvalue weighted by Gasteiger charge is -2.33. The number of nitrogens with zero attached hydrogens (tertiary/aromatic N) is 1. The van der Waals surface area contributed by atoms with Crippen molar-refractivity contribution < 1.29 is 4.74 Å². The van der Waals surface area contributed by atoms with Crippen LogP contribution in [0.3, 0.4) is 0 Å². The molecule has 15 heavy (non-hydrogen) atoms. The van der Waals surface area contributed by atoms with Crippen LogP contribution in [0.1, 0.15) is 26.2 Å². The number of hydrogen-bond donors (Lipinski definition) is 1. The minimum Gasteiger partial charge on any atom is -0.380 e. The van der Waals surface area contributed by atoms with Gasteiger partial charge in [-0.15, -0.1) is 0 Å². The van der Waals surface area contributed by atoms with Crippen LogP contribution < -0.4 is 5.32 Å². The van der Waals surface area contributed by atoms with E-state index in [1.165, 1.54) is 32.4 Å². The van der Waals surface area contributed by atoms with Crippen LogP contribution in [0.15, 0.2) is 0 Å². The summed E-state index contributed by atoms with van der Waals surface area (Å²) in [5.74, 6) is 0.881. The zero-order valence-electron chi connectivity index (χ0n) is 10.0. The molecular weight excluding hydrogens is 188 g/mol. The van der Waals surface area contributed by atoms with E-state index in [1.807, 2.05) is 0 Å². The van der Waals surface area contributed by atoms with Crippen molar-refractivity contribution >= 4 is 0 Å². The number of ether oxygens (including phenoxy) is 1. The van der Waals surface area contributed by atoms with E-state index in [2.05, 4.69) is 24.2 Å². The van der Waals surface area contributed by atoms with Gasteiger partial charge in [-0.2, -0.15) is 0 Å². The lowest BCUT2D eigenvalue weighted by atomic mass is 9.92. The molecule has 0 aromatic carbocycles. The molecule has 0 aromatic rings. The lowest BCUT2D eigenvalue weighted by Crippen LogP contribution is -2.42. The van der Waals surface area contributed by atoms with E-state index in [0.717, 1.165) is 19.1 Å². The standard InChI is InChI=1S/C12H24N2O/c1-10-7-11(3-5-13-10)8-14(2)12-4-6-15-9-12/h10-13H,3-9H2,1-2H3. The maximum Gasteiger partial charge on any atom is 0.0622 e. The van der Waals surface area contributed by atoms with Gasteiger partial charge in [-0.3, -0.25) is 0 Å². The Hall–Kier alpha value is -0.120. The van der Waals surface area contributed by atoms with Crippen molar-refractivity contribution in [3.05, 3.63) is 0 Å². The van der Waals surface area contributed by atoms with Gasteiger partial charge in [0.25, 0.3) is 0 Å². The third-order valence-corrected chi connectivity index (χ3v) is 3.81. The average molecular weight is 212 g/mol. The lowest BCUT2D eigenvalue weighted by molar-refractivity contribution is 0.139. The second-order valence-corrected chi connectivity index (χ2v) is 5.20. The van der Waals surface area contributed by atoms with Gasteiger partial charge < -0.3 is 15.0 Å². The Morgan fingerprint density at radius 2 is 2.27 bits per heavy atom. The number of piperidine rings is 1. The molecule has 3 unspecified atom stereocenters. The fourth-order valence-electron chi connectivity index (χ4n) is 2.83. The Kier molecular flexibility index (Phi) is 4.00. The van der Waals surface area contributed by atoms with Gasteiger partial charge in [0.1, 0.15) is 0 Å². The molecule has 0 bridgehead atoms. The van der Waals surface area contributed by atoms with Crippen LogP contribution in [0.4, 0.5) is 0 Å². The molecule has 2 aliphatic heterocycles. The molecule has 2 saturated heterocycles. The summed E-state index contributed by atoms with van der Waals surface area (Å²) in [7, 11) is 2.26. The zero-order chi connectivity index (χ0) is 10.7. The molecule has 0 radical (unpaired) electrons. The van der Waals surface area contributed by atoms with Crippen molar-refractivity contribution in [1.29, 1.82) is 0 Å². The number of likely N-dealkylation sites (N-methyl/N-ethyl adjacent to an activating group) is 1. The summed E-state index contributed by atoms with van der Waals surface area (Å²) in [6, 6.07) is 1.38. The van der Waals surface area contributed by atoms with Crippen LogP contribution >= 0.6 is 0 Å². The van der Waals surface area contributed by atoms with E-state index in [-0.39, 0.29) is 0 Å². The first-order valence-corrected chi connectivity index (χ1v) is 6.27. The minimum atomic E-state index is 0.676. The molecule has 2 rings (SSSR count). The molecule has 0 spiro atoms. The van der Waals surface area contributed by atoms with Gasteiger partial charge in [-0.05, 0) is 45.7 Å². The molecule has 2 fully saturated rings. The van der Waals surface area contributed by atoms with E-state index in [0.29, 0.717) is 12.1 Å². The minimum absolute atomic E-state index is 0.676. The van der Waals surface area contributed by atoms with Crippen molar-refractivity contribution in [1.82, 2.24) is 10.2 Å². The van der Waals surface area contributed by atoms with Crippen LogP contribution in [0, 0.1) is 5.92 Å². The van der Waals surface area contributed by atoms with Gasteiger partial charge in [-0.1, -0.05) is 0 Å². The smallest absolute Gasteiger partial charge is 0.0622 e. The third kappa shape index (κ3) is 3.16. The van der Waals surface area contributed by atoms with Crippen LogP contribution in [0.25, 0.3) is 0 Å². The largest absolute Gasteiger partial charge is 0.380 e. The summed E-state index contributed by atoms with van der Waals surface area (Å²) in [5, 5.41) is 3.51. The van der Waals surface area contributed by atoms with E-state index in [1.54, 1.807) is 0 Å². The van der Waals surface area contributed by atoms with Crippen LogP contribution in [-0.2, 0) is 4.74 Å². The van der Waals surface area contributed by atoms with Crippen molar-refractivity contribution in [2.24, 2.45) is 5.92 Å². The first-order valence-electron chi connectivity index (χ1n) is 6.27. The average Bonchev–Trinajstić information content (AvgIpc) is 2.70. The van der Waals surface area contributed by atoms with Gasteiger partial charge in [0.15, 0.2) is 0 Å². The molecule has 0 saturated carbocycles. The third-order valence-electron chi connectivity index (χ3n) is 3.81. The first kappa shape index (κ1) is 11.4. The second kappa shape index (κ2) is 5.28. The Labute approximate surface area is 93.2 Å². The maximum atomic E-state index is 5.43. The Morgan fingerprint density at radius 3 is 2.93 bits per heavy atom. The van der Waals surface area contributed by atoms with Gasteiger partial charge in [0.05, 0.1) is 6.61 Å². The summed E-state index contributed by atoms with van der Waals surface area (Å²) >= 11 is 0. The molecule has 3 atom stereocenters. The molecule has 1 N–H and O–H groups in total. The highest BCUT2D eigenvalue weighted by molar-refractivity contribution is 4.80. The first-order chi connectivity index (χ1) is 7.25. The molecule has 0 aromatic heterocycles. The summed E-state index contributed by atoms with van der Waals surface area (Å²) in [6.45, 7) is 6.64. The van der Waals surface area contributed by atoms with Gasteiger partial charge in [-0.25, -0.2) is 0 Å². The van der Waals surface area contributed by atoms with Gasteiger partial charge in [0.2, 0.25) is 0 Å². The summed E-state index contributed by atoms with van der Waals surface area (Å²) < 4.78 is 5.43. The molecule has 88 valence electrons. The number of hydrogen-bond acceptors (Lipinski definition) is 3. The highest BCUT2D eigenvalue weighted by Crippen LogP contribution is 2.19. The fraction of sp³-hybridized carbons (Fsp3) is 1.00. The van der Waals surface area contributed by atoms with Gasteiger partial charge >= 0.3 is 0 Å². The predicted octanol–water partition coefficient (Wildman–Crippen LogP) is 1.10. The van der Waals surface area contributed by atoms with Crippen LogP contribution in [0.2, 0.25) is 0 Å². The van der Waals surface area contributed by atoms with E-state index < -0.39 is 0 Å². The second-order valence-electron chi connectivity index (χ2n) is 5.20. The van der Waals surface area contributed by atoms with E-state index >= 15 is 0 Å². The fourth-order valence-corrected chi connectivity index (χ4v) is 2.83. The van der Waals surface area contributed by atoms with Crippen LogP contribution in [0.5, 0.6) is 0 Å². The highest BCUT2D eigenvalue weighted by Gasteiger charge is 2.25. The Balaban J connectivity index is 1.74. The summed E-state index contributed by atoms with van der Waals surface area (Å²) in [5.41, 5.74) is 0. The topological polar surface area (TPSA) is 24.5 Å². The summed E-state index contributed by atoms with van der Waals surface area (Å²) in [4.78, 5) is 2.51. The van der Waals surface area contributed by atoms with Crippen LogP contribution in [-0.4, -0.2) is 50.3 Å². The van der Waals surface area contributed by atoms with Crippen molar-refractivity contribution in [2.75, 3.05) is 33.4 Å². The maximum absolute atomic E-state index is 5.43. The predicted molar refractivity (Wildman–Crippen MR) is 62.0 cm³/mol. The molecule has 3 nitrogen and oxygen atoms in total. The monoisotopic (exact) mass is 212 g/mol. The molecule has 0 amide bonds. The normalized spacial score (nSPS) is 37.4. The molecule has 3 heteroatoms. The zero-order valence-corrected chi connectivity index (χ0v) is 10.0. The molecule has 2 aliphatic rings. The summed E-state index contributed by atoms with van der Waals surface area (Å²) in [6.07, 6.45) is 3.89. The van der Waals surface area contributed by atoms with E-state index in [9.17, 15) is 0 Å². The van der Waals surface area contributed by atoms with Crippen molar-refractivity contribution in [3.8, 4) is 0 Å². The Bertz CT molecular complexity index is 192. The van der Waals surface area contributed by atoms with E-state index in [4.69, 9.17) is 4.74 Å². The molecular formula is C12H24N2O. The van der Waals surface area contributed by atoms with Crippen molar-refractivity contribution in [2.45, 2.75) is 38.3 Å². The quantitative estimate of drug-likeness (QED) is 0.758. The number of nitrogens with one attached hydrogen (secondary N) is 1. The molecule has 0 aliphatic carbocycles. The number of rotatable bonds is 3. The SMILES string of the molecule is CC1CC(CN(C)C2CCOC2)CCN1. The van der Waals surface area contributed by atoms with Crippen molar-refractivity contribution in [3.63, 3.8) is 0 Å². The van der Waals surface area contributed by atoms with Gasteiger partial charge in [0, 0.05) is 25.2 Å². The Morgan fingerprint density at radius 1 is 1.40 bits per heavy atom. The molecule has 2 heterocycles.